The fourth-order valence-electron chi connectivity index (χ4n) is 2.66. The summed E-state index contributed by atoms with van der Waals surface area (Å²) in [7, 11) is 0. The summed E-state index contributed by atoms with van der Waals surface area (Å²) < 4.78 is 50.0. The predicted octanol–water partition coefficient (Wildman–Crippen LogP) is 4.14. The molecule has 0 aliphatic heterocycles. The molecular formula is C20H15Cl2F3N6O4. The lowest BCUT2D eigenvalue weighted by molar-refractivity contribution is 0.0822. The van der Waals surface area contributed by atoms with Crippen LogP contribution in [0.15, 0.2) is 35.4 Å². The van der Waals surface area contributed by atoms with Gasteiger partial charge in [-0.1, -0.05) is 29.8 Å². The topological polar surface area (TPSA) is 131 Å². The minimum Gasteiger partial charge on any atom is -0.485 e. The van der Waals surface area contributed by atoms with Crippen LogP contribution in [0.25, 0.3) is 16.8 Å². The minimum absolute atomic E-state index is 0.0573. The van der Waals surface area contributed by atoms with E-state index in [0.29, 0.717) is 0 Å². The van der Waals surface area contributed by atoms with Crippen LogP contribution in [0.2, 0.25) is 10.0 Å². The SMILES string of the molecule is C=C(NC(=O)NNC(=O)c1nnc(C)o1)c1ncc(-c2cc(Cl)cc(Cl)c2OCC(F)F)cc1F. The number of hydrazine groups is 1. The number of halogens is 5. The van der Waals surface area contributed by atoms with Gasteiger partial charge in [-0.2, -0.15) is 0 Å². The van der Waals surface area contributed by atoms with E-state index in [4.69, 9.17) is 32.4 Å². The van der Waals surface area contributed by atoms with Gasteiger partial charge in [-0.05, 0) is 18.2 Å². The lowest BCUT2D eigenvalue weighted by Gasteiger charge is -2.15. The van der Waals surface area contributed by atoms with Crippen molar-refractivity contribution in [3.05, 3.63) is 64.3 Å². The Morgan fingerprint density at radius 3 is 2.57 bits per heavy atom. The zero-order chi connectivity index (χ0) is 25.7. The second-order valence-corrected chi connectivity index (χ2v) is 7.50. The molecule has 10 nitrogen and oxygen atoms in total. The molecule has 3 aromatic rings. The maximum Gasteiger partial charge on any atom is 0.337 e. The van der Waals surface area contributed by atoms with Crippen molar-refractivity contribution in [1.29, 1.82) is 0 Å². The van der Waals surface area contributed by atoms with Crippen LogP contribution < -0.4 is 20.9 Å². The van der Waals surface area contributed by atoms with Gasteiger partial charge in [0, 0.05) is 29.3 Å². The number of hydrogen-bond donors (Lipinski definition) is 3. The normalized spacial score (nSPS) is 10.7. The molecule has 0 saturated heterocycles. The van der Waals surface area contributed by atoms with Crippen LogP contribution in [0, 0.1) is 12.7 Å². The van der Waals surface area contributed by atoms with Gasteiger partial charge in [-0.25, -0.2) is 23.4 Å². The molecule has 0 radical (unpaired) electrons. The van der Waals surface area contributed by atoms with E-state index < -0.39 is 30.8 Å². The third-order valence-corrected chi connectivity index (χ3v) is 4.57. The molecule has 184 valence electrons. The number of ether oxygens (including phenoxy) is 1. The highest BCUT2D eigenvalue weighted by Gasteiger charge is 2.19. The van der Waals surface area contributed by atoms with Crippen LogP contribution in [0.1, 0.15) is 22.3 Å². The number of carbonyl (C=O) groups excluding carboxylic acids is 2. The average Bonchev–Trinajstić information content (AvgIpc) is 3.22. The molecule has 3 amide bonds. The molecule has 2 heterocycles. The summed E-state index contributed by atoms with van der Waals surface area (Å²) in [4.78, 5) is 27.7. The first-order chi connectivity index (χ1) is 16.5. The van der Waals surface area contributed by atoms with Crippen LogP contribution in [0.4, 0.5) is 18.0 Å². The van der Waals surface area contributed by atoms with E-state index in [9.17, 15) is 22.8 Å². The minimum atomic E-state index is -2.77. The molecule has 0 saturated carbocycles. The smallest absolute Gasteiger partial charge is 0.337 e. The molecule has 3 N–H and O–H groups in total. The number of nitrogens with one attached hydrogen (secondary N) is 3. The number of aryl methyl sites for hydroxylation is 1. The Hall–Kier alpha value is -3.84. The summed E-state index contributed by atoms with van der Waals surface area (Å²) in [6, 6.07) is 2.66. The summed E-state index contributed by atoms with van der Waals surface area (Å²) in [6.45, 7) is 4.06. The first kappa shape index (κ1) is 25.8. The fourth-order valence-corrected chi connectivity index (χ4v) is 3.21. The van der Waals surface area contributed by atoms with Crippen LogP contribution >= 0.6 is 23.2 Å². The quantitative estimate of drug-likeness (QED) is 0.391. The first-order valence-corrected chi connectivity index (χ1v) is 10.2. The number of hydrogen-bond acceptors (Lipinski definition) is 7. The Labute approximate surface area is 205 Å². The number of pyridine rings is 1. The molecule has 2 aromatic heterocycles. The van der Waals surface area contributed by atoms with E-state index in [-0.39, 0.29) is 50.1 Å². The number of benzene rings is 1. The van der Waals surface area contributed by atoms with Crippen molar-refractivity contribution >= 4 is 40.8 Å². The van der Waals surface area contributed by atoms with Crippen molar-refractivity contribution in [1.82, 2.24) is 31.3 Å². The van der Waals surface area contributed by atoms with E-state index in [1.165, 1.54) is 25.3 Å². The van der Waals surface area contributed by atoms with Crippen molar-refractivity contribution in [3.8, 4) is 16.9 Å². The molecule has 0 fully saturated rings. The van der Waals surface area contributed by atoms with Gasteiger partial charge >= 0.3 is 17.8 Å². The number of alkyl halides is 2. The van der Waals surface area contributed by atoms with E-state index in [1.54, 1.807) is 0 Å². The molecule has 0 unspecified atom stereocenters. The maximum atomic E-state index is 14.8. The van der Waals surface area contributed by atoms with Gasteiger partial charge in [0.15, 0.2) is 5.82 Å². The number of rotatable bonds is 7. The van der Waals surface area contributed by atoms with Crippen molar-refractivity contribution in [2.24, 2.45) is 0 Å². The van der Waals surface area contributed by atoms with Gasteiger partial charge in [0.05, 0.1) is 10.7 Å². The van der Waals surface area contributed by atoms with E-state index in [2.05, 4.69) is 27.1 Å². The fraction of sp³-hybridized carbons (Fsp3) is 0.150. The van der Waals surface area contributed by atoms with Crippen molar-refractivity contribution in [2.75, 3.05) is 6.61 Å². The van der Waals surface area contributed by atoms with Gasteiger partial charge in [-0.15, -0.1) is 10.2 Å². The molecule has 0 atom stereocenters. The Bertz CT molecular complexity index is 1290. The van der Waals surface area contributed by atoms with Crippen molar-refractivity contribution < 1.29 is 31.9 Å². The summed E-state index contributed by atoms with van der Waals surface area (Å²) in [5.41, 5.74) is 3.63. The highest BCUT2D eigenvalue weighted by atomic mass is 35.5. The molecule has 0 bridgehead atoms. The zero-order valence-corrected chi connectivity index (χ0v) is 19.2. The number of amides is 3. The zero-order valence-electron chi connectivity index (χ0n) is 17.7. The molecule has 15 heteroatoms. The Kier molecular flexibility index (Phi) is 8.14. The van der Waals surface area contributed by atoms with E-state index >= 15 is 0 Å². The standard InChI is InChI=1S/C20H15Cl2F3N6O4/c1-8(27-20(33)31-29-18(32)19-30-28-9(2)35-19)16-14(23)3-10(6-26-16)12-4-11(21)5-13(22)17(12)34-7-15(24)25/h3-6,15H,1,7H2,2H3,(H,29,32)(H2,27,31,33). The Morgan fingerprint density at radius 2 is 1.94 bits per heavy atom. The molecule has 0 aliphatic rings. The highest BCUT2D eigenvalue weighted by Crippen LogP contribution is 2.39. The molecule has 1 aromatic carbocycles. The molecule has 35 heavy (non-hydrogen) atoms. The number of nitrogens with zero attached hydrogens (tertiary/aromatic N) is 3. The second kappa shape index (κ2) is 11.1. The van der Waals surface area contributed by atoms with Gasteiger partial charge in [0.25, 0.3) is 6.43 Å². The Morgan fingerprint density at radius 1 is 1.20 bits per heavy atom. The van der Waals surface area contributed by atoms with Gasteiger partial charge in [0.1, 0.15) is 18.1 Å². The van der Waals surface area contributed by atoms with E-state index in [0.717, 1.165) is 6.07 Å². The molecule has 0 aliphatic carbocycles. The predicted molar refractivity (Wildman–Crippen MR) is 118 cm³/mol. The maximum absolute atomic E-state index is 14.8. The van der Waals surface area contributed by atoms with Gasteiger partial charge in [0.2, 0.25) is 5.89 Å². The molecule has 0 spiro atoms. The van der Waals surface area contributed by atoms with Gasteiger partial charge in [-0.3, -0.25) is 15.2 Å². The van der Waals surface area contributed by atoms with Crippen molar-refractivity contribution in [2.45, 2.75) is 13.3 Å². The first-order valence-electron chi connectivity index (χ1n) is 9.47. The average molecular weight is 531 g/mol. The summed E-state index contributed by atoms with van der Waals surface area (Å²) in [6.07, 6.45) is -1.59. The van der Waals surface area contributed by atoms with E-state index in [1.807, 2.05) is 10.9 Å². The molecular weight excluding hydrogens is 516 g/mol. The van der Waals surface area contributed by atoms with Gasteiger partial charge < -0.3 is 14.5 Å². The van der Waals surface area contributed by atoms with Crippen LogP contribution in [0.3, 0.4) is 0 Å². The summed E-state index contributed by atoms with van der Waals surface area (Å²) in [5.74, 6) is -2.18. The van der Waals surface area contributed by atoms with Crippen LogP contribution in [-0.4, -0.2) is 40.2 Å². The summed E-state index contributed by atoms with van der Waals surface area (Å²) >= 11 is 12.1. The molecule has 3 rings (SSSR count). The monoisotopic (exact) mass is 530 g/mol. The second-order valence-electron chi connectivity index (χ2n) is 6.66. The van der Waals surface area contributed by atoms with Crippen molar-refractivity contribution in [3.63, 3.8) is 0 Å². The summed E-state index contributed by atoms with van der Waals surface area (Å²) in [5, 5.41) is 9.23. The number of aromatic nitrogens is 3. The largest absolute Gasteiger partial charge is 0.485 e. The number of carbonyl (C=O) groups is 2. The third kappa shape index (κ3) is 6.61. The lowest BCUT2D eigenvalue weighted by Crippen LogP contribution is -2.46. The highest BCUT2D eigenvalue weighted by molar-refractivity contribution is 6.36. The van der Waals surface area contributed by atoms with Crippen LogP contribution in [-0.2, 0) is 0 Å². The third-order valence-electron chi connectivity index (χ3n) is 4.07. The number of urea groups is 1. The lowest BCUT2D eigenvalue weighted by atomic mass is 10.1. The Balaban J connectivity index is 1.71. The van der Waals surface area contributed by atoms with Crippen LogP contribution in [0.5, 0.6) is 5.75 Å².